The van der Waals surface area contributed by atoms with Crippen molar-refractivity contribution in [3.63, 3.8) is 0 Å². The van der Waals surface area contributed by atoms with Gasteiger partial charge in [-0.15, -0.1) is 0 Å². The number of hydrogen-bond acceptors (Lipinski definition) is 4. The van der Waals surface area contributed by atoms with Gasteiger partial charge in [-0.1, -0.05) is 34.1 Å². The summed E-state index contributed by atoms with van der Waals surface area (Å²) in [7, 11) is -1.32. The highest BCUT2D eigenvalue weighted by atomic mass is 79.9. The number of anilines is 1. The number of carbonyl (C=O) groups excluding carboxylic acids is 2. The van der Waals surface area contributed by atoms with Gasteiger partial charge in [0.1, 0.15) is 0 Å². The van der Waals surface area contributed by atoms with Crippen LogP contribution in [0.2, 0.25) is 0 Å². The Hall–Kier alpha value is -1.99. The second kappa shape index (κ2) is 8.03. The van der Waals surface area contributed by atoms with E-state index in [0.717, 1.165) is 4.47 Å². The number of rotatable bonds is 5. The first-order valence-electron chi connectivity index (χ1n) is 6.62. The van der Waals surface area contributed by atoms with Crippen molar-refractivity contribution in [1.29, 1.82) is 0 Å². The molecule has 7 heteroatoms. The average molecular weight is 396 g/mol. The van der Waals surface area contributed by atoms with E-state index in [1.54, 1.807) is 36.4 Å². The molecule has 0 spiro atoms. The highest BCUT2D eigenvalue weighted by Crippen LogP contribution is 2.16. The van der Waals surface area contributed by atoms with E-state index in [1.165, 1.54) is 12.3 Å². The monoisotopic (exact) mass is 395 g/mol. The van der Waals surface area contributed by atoms with Crippen LogP contribution < -0.4 is 5.32 Å². The molecule has 0 bridgehead atoms. The van der Waals surface area contributed by atoms with Crippen molar-refractivity contribution in [3.8, 4) is 0 Å². The van der Waals surface area contributed by atoms with E-state index >= 15 is 0 Å². The van der Waals surface area contributed by atoms with Crippen LogP contribution in [0, 0.1) is 0 Å². The van der Waals surface area contributed by atoms with Gasteiger partial charge in [-0.05, 0) is 30.3 Å². The number of amides is 1. The minimum absolute atomic E-state index is 0.198. The molecule has 0 saturated carbocycles. The quantitative estimate of drug-likeness (QED) is 0.789. The zero-order valence-corrected chi connectivity index (χ0v) is 14.6. The third-order valence-electron chi connectivity index (χ3n) is 2.86. The van der Waals surface area contributed by atoms with Gasteiger partial charge in [-0.25, -0.2) is 4.79 Å². The fourth-order valence-electron chi connectivity index (χ4n) is 1.86. The van der Waals surface area contributed by atoms with E-state index in [0.29, 0.717) is 10.6 Å². The van der Waals surface area contributed by atoms with Crippen LogP contribution in [0.3, 0.4) is 0 Å². The molecular formula is C16H14BrNO4S. The normalized spacial score (nSPS) is 11.6. The molecule has 0 aromatic heterocycles. The molecule has 120 valence electrons. The Morgan fingerprint density at radius 3 is 2.61 bits per heavy atom. The average Bonchev–Trinajstić information content (AvgIpc) is 2.52. The summed E-state index contributed by atoms with van der Waals surface area (Å²) in [6.45, 7) is -0.421. The van der Waals surface area contributed by atoms with Crippen LogP contribution in [0.25, 0.3) is 0 Å². The zero-order chi connectivity index (χ0) is 16.8. The molecule has 0 aliphatic heterocycles. The number of ether oxygens (including phenoxy) is 1. The second-order valence-electron chi connectivity index (χ2n) is 4.58. The highest BCUT2D eigenvalue weighted by Gasteiger charge is 2.16. The van der Waals surface area contributed by atoms with Crippen LogP contribution in [0.1, 0.15) is 10.4 Å². The summed E-state index contributed by atoms with van der Waals surface area (Å²) in [6.07, 6.45) is 1.48. The summed E-state index contributed by atoms with van der Waals surface area (Å²) < 4.78 is 17.4. The minimum atomic E-state index is -1.32. The van der Waals surface area contributed by atoms with Crippen molar-refractivity contribution >= 4 is 44.3 Å². The number of halogens is 1. The molecule has 23 heavy (non-hydrogen) atoms. The largest absolute Gasteiger partial charge is 0.452 e. The first-order chi connectivity index (χ1) is 11.0. The number of nitrogens with one attached hydrogen (secondary N) is 1. The van der Waals surface area contributed by atoms with Crippen LogP contribution in [-0.2, 0) is 20.3 Å². The van der Waals surface area contributed by atoms with Crippen molar-refractivity contribution in [2.24, 2.45) is 0 Å². The maximum atomic E-state index is 12.0. The molecule has 1 amide bonds. The van der Waals surface area contributed by atoms with E-state index in [4.69, 9.17) is 4.74 Å². The minimum Gasteiger partial charge on any atom is -0.452 e. The summed E-state index contributed by atoms with van der Waals surface area (Å²) in [5, 5.41) is 2.62. The van der Waals surface area contributed by atoms with Gasteiger partial charge in [0, 0.05) is 16.4 Å². The number of esters is 1. The zero-order valence-electron chi connectivity index (χ0n) is 12.2. The summed E-state index contributed by atoms with van der Waals surface area (Å²) >= 11 is 3.30. The predicted molar refractivity (Wildman–Crippen MR) is 91.8 cm³/mol. The van der Waals surface area contributed by atoms with E-state index in [-0.39, 0.29) is 5.56 Å². The first kappa shape index (κ1) is 17.4. The first-order valence-corrected chi connectivity index (χ1v) is 8.97. The van der Waals surface area contributed by atoms with Crippen LogP contribution in [0.5, 0.6) is 0 Å². The van der Waals surface area contributed by atoms with Gasteiger partial charge in [0.15, 0.2) is 6.61 Å². The van der Waals surface area contributed by atoms with E-state index < -0.39 is 29.3 Å². The molecule has 2 aromatic carbocycles. The van der Waals surface area contributed by atoms with E-state index in [1.807, 2.05) is 6.07 Å². The number of carbonyl (C=O) groups is 2. The van der Waals surface area contributed by atoms with Crippen LogP contribution in [0.4, 0.5) is 5.69 Å². The topological polar surface area (TPSA) is 72.5 Å². The van der Waals surface area contributed by atoms with E-state index in [2.05, 4.69) is 21.2 Å². The summed E-state index contributed by atoms with van der Waals surface area (Å²) in [5.74, 6) is -1.13. The molecule has 0 radical (unpaired) electrons. The molecule has 5 nitrogen and oxygen atoms in total. The van der Waals surface area contributed by atoms with E-state index in [9.17, 15) is 13.8 Å². The molecule has 0 saturated heterocycles. The van der Waals surface area contributed by atoms with Crippen molar-refractivity contribution in [2.45, 2.75) is 4.90 Å². The number of hydrogen-bond donors (Lipinski definition) is 1. The lowest BCUT2D eigenvalue weighted by Gasteiger charge is -2.08. The van der Waals surface area contributed by atoms with Gasteiger partial charge in [0.2, 0.25) is 0 Å². The van der Waals surface area contributed by atoms with Gasteiger partial charge in [-0.2, -0.15) is 0 Å². The summed E-state index contributed by atoms with van der Waals surface area (Å²) in [4.78, 5) is 24.2. The fourth-order valence-corrected chi connectivity index (χ4v) is 2.99. The van der Waals surface area contributed by atoms with Gasteiger partial charge < -0.3 is 10.1 Å². The predicted octanol–water partition coefficient (Wildman–Crippen LogP) is 2.98. The Labute approximate surface area is 144 Å². The molecule has 2 aromatic rings. The number of benzene rings is 2. The standard InChI is InChI=1S/C16H14BrNO4S/c1-23(21)14-8-3-2-7-13(14)16(20)22-10-15(19)18-12-6-4-5-11(17)9-12/h2-9H,10H2,1H3,(H,18,19)/t23-/m0/s1. The maximum absolute atomic E-state index is 12.0. The molecular weight excluding hydrogens is 382 g/mol. The highest BCUT2D eigenvalue weighted by molar-refractivity contribution is 9.10. The summed E-state index contributed by atoms with van der Waals surface area (Å²) in [6, 6.07) is 13.5. The van der Waals surface area contributed by atoms with Crippen molar-refractivity contribution in [3.05, 3.63) is 58.6 Å². The maximum Gasteiger partial charge on any atom is 0.339 e. The molecule has 0 fully saturated rings. The van der Waals surface area contributed by atoms with Crippen molar-refractivity contribution in [2.75, 3.05) is 18.2 Å². The summed E-state index contributed by atoms with van der Waals surface area (Å²) in [5.41, 5.74) is 0.791. The SMILES string of the molecule is C[S@](=O)c1ccccc1C(=O)OCC(=O)Nc1cccc(Br)c1. The molecule has 1 atom stereocenters. The van der Waals surface area contributed by atoms with Crippen molar-refractivity contribution in [1.82, 2.24) is 0 Å². The Balaban J connectivity index is 1.97. The molecule has 0 aliphatic rings. The Morgan fingerprint density at radius 1 is 1.17 bits per heavy atom. The Morgan fingerprint density at radius 2 is 1.91 bits per heavy atom. The van der Waals surface area contributed by atoms with Gasteiger partial charge in [0.25, 0.3) is 5.91 Å². The van der Waals surface area contributed by atoms with Gasteiger partial charge >= 0.3 is 5.97 Å². The third kappa shape index (κ3) is 5.01. The molecule has 1 N–H and O–H groups in total. The van der Waals surface area contributed by atoms with Crippen LogP contribution >= 0.6 is 15.9 Å². The lowest BCUT2D eigenvalue weighted by atomic mass is 10.2. The molecule has 0 aliphatic carbocycles. The molecule has 0 heterocycles. The molecule has 2 rings (SSSR count). The Bertz CT molecular complexity index is 763. The lowest BCUT2D eigenvalue weighted by Crippen LogP contribution is -2.21. The van der Waals surface area contributed by atoms with Gasteiger partial charge in [-0.3, -0.25) is 9.00 Å². The third-order valence-corrected chi connectivity index (χ3v) is 4.33. The fraction of sp³-hybridized carbons (Fsp3) is 0.125. The van der Waals surface area contributed by atoms with Crippen LogP contribution in [0.15, 0.2) is 57.9 Å². The van der Waals surface area contributed by atoms with Crippen molar-refractivity contribution < 1.29 is 18.5 Å². The smallest absolute Gasteiger partial charge is 0.339 e. The Kier molecular flexibility index (Phi) is 6.06. The molecule has 0 unspecified atom stereocenters. The second-order valence-corrected chi connectivity index (χ2v) is 6.85. The lowest BCUT2D eigenvalue weighted by molar-refractivity contribution is -0.119. The van der Waals surface area contributed by atoms with Gasteiger partial charge in [0.05, 0.1) is 21.3 Å². The van der Waals surface area contributed by atoms with Crippen LogP contribution in [-0.4, -0.2) is 28.9 Å².